The Morgan fingerprint density at radius 3 is 2.75 bits per heavy atom. The van der Waals surface area contributed by atoms with Crippen LogP contribution in [-0.2, 0) is 0 Å². The average Bonchev–Trinajstić information content (AvgIpc) is 2.25. The Balaban J connectivity index is 2.74. The number of rotatable bonds is 3. The topological polar surface area (TPSA) is 87.7 Å². The maximum absolute atomic E-state index is 11.7. The van der Waals surface area contributed by atoms with Crippen molar-refractivity contribution in [1.82, 2.24) is 5.32 Å². The van der Waals surface area contributed by atoms with E-state index >= 15 is 0 Å². The van der Waals surface area contributed by atoms with Crippen molar-refractivity contribution < 1.29 is 10.0 Å². The lowest BCUT2D eigenvalue weighted by Gasteiger charge is -2.07. The molecule has 0 aromatic heterocycles. The van der Waals surface area contributed by atoms with Gasteiger partial charge in [-0.05, 0) is 25.5 Å². The van der Waals surface area contributed by atoms with Gasteiger partial charge in [-0.3, -0.25) is 4.79 Å². The highest BCUT2D eigenvalue weighted by Crippen LogP contribution is 2.09. The second-order valence-electron chi connectivity index (χ2n) is 3.59. The summed E-state index contributed by atoms with van der Waals surface area (Å²) in [4.78, 5) is 11.7. The van der Waals surface area contributed by atoms with Crippen molar-refractivity contribution >= 4 is 11.7 Å². The largest absolute Gasteiger partial charge is 0.409 e. The van der Waals surface area contributed by atoms with E-state index in [9.17, 15) is 4.79 Å². The second kappa shape index (κ2) is 5.16. The van der Waals surface area contributed by atoms with Crippen molar-refractivity contribution in [3.8, 4) is 0 Å². The molecule has 16 heavy (non-hydrogen) atoms. The van der Waals surface area contributed by atoms with Gasteiger partial charge in [0.15, 0.2) is 5.84 Å². The number of hydrogen-bond donors (Lipinski definition) is 3. The molecule has 0 bridgehead atoms. The first-order valence-corrected chi connectivity index (χ1v) is 4.86. The molecule has 5 heteroatoms. The number of amidine groups is 1. The smallest absolute Gasteiger partial charge is 0.251 e. The number of carbonyl (C=O) groups is 1. The van der Waals surface area contributed by atoms with E-state index in [0.29, 0.717) is 5.56 Å². The molecule has 86 valence electrons. The number of nitrogens with zero attached hydrogens (tertiary/aromatic N) is 1. The summed E-state index contributed by atoms with van der Waals surface area (Å²) >= 11 is 0. The predicted octanol–water partition coefficient (Wildman–Crippen LogP) is 0.780. The lowest BCUT2D eigenvalue weighted by atomic mass is 10.1. The molecule has 0 radical (unpaired) electrons. The van der Waals surface area contributed by atoms with Gasteiger partial charge in [-0.25, -0.2) is 0 Å². The summed E-state index contributed by atoms with van der Waals surface area (Å²) in [5.41, 5.74) is 7.84. The van der Waals surface area contributed by atoms with Crippen molar-refractivity contribution in [3.63, 3.8) is 0 Å². The zero-order valence-corrected chi connectivity index (χ0v) is 9.32. The van der Waals surface area contributed by atoms with Gasteiger partial charge in [0.2, 0.25) is 0 Å². The third-order valence-electron chi connectivity index (χ3n) is 2.19. The van der Waals surface area contributed by atoms with Crippen molar-refractivity contribution in [3.05, 3.63) is 34.9 Å². The van der Waals surface area contributed by atoms with Crippen molar-refractivity contribution in [2.75, 3.05) is 6.54 Å². The van der Waals surface area contributed by atoms with Gasteiger partial charge >= 0.3 is 0 Å². The highest BCUT2D eigenvalue weighted by atomic mass is 16.4. The normalized spacial score (nSPS) is 11.2. The number of carbonyl (C=O) groups excluding carboxylic acids is 1. The Kier molecular flexibility index (Phi) is 3.88. The summed E-state index contributed by atoms with van der Waals surface area (Å²) in [5, 5.41) is 13.6. The second-order valence-corrected chi connectivity index (χ2v) is 3.59. The molecule has 5 nitrogen and oxygen atoms in total. The fourth-order valence-corrected chi connectivity index (χ4v) is 1.37. The standard InChI is InChI=1S/C11H15N3O2/c1-7-3-4-9(8(2)5-7)11(15)13-6-10(12)14-16/h3-5,16H,6H2,1-2H3,(H2,12,14)(H,13,15). The van der Waals surface area contributed by atoms with E-state index in [1.807, 2.05) is 26.0 Å². The Labute approximate surface area is 94.0 Å². The monoisotopic (exact) mass is 221 g/mol. The van der Waals surface area contributed by atoms with E-state index in [4.69, 9.17) is 10.9 Å². The molecule has 1 amide bonds. The number of nitrogens with two attached hydrogens (primary N) is 1. The summed E-state index contributed by atoms with van der Waals surface area (Å²) in [6, 6.07) is 5.55. The van der Waals surface area contributed by atoms with E-state index in [2.05, 4.69) is 10.5 Å². The summed E-state index contributed by atoms with van der Waals surface area (Å²) in [5.74, 6) is -0.262. The van der Waals surface area contributed by atoms with Crippen molar-refractivity contribution in [1.29, 1.82) is 0 Å². The Morgan fingerprint density at radius 2 is 2.19 bits per heavy atom. The van der Waals surface area contributed by atoms with Crippen LogP contribution in [0.3, 0.4) is 0 Å². The molecule has 0 heterocycles. The predicted molar refractivity (Wildman–Crippen MR) is 61.7 cm³/mol. The van der Waals surface area contributed by atoms with Crippen LogP contribution in [0.5, 0.6) is 0 Å². The van der Waals surface area contributed by atoms with Crippen LogP contribution in [0.25, 0.3) is 0 Å². The molecular weight excluding hydrogens is 206 g/mol. The number of aryl methyl sites for hydroxylation is 2. The van der Waals surface area contributed by atoms with Gasteiger partial charge in [0, 0.05) is 5.56 Å². The summed E-state index contributed by atoms with van der Waals surface area (Å²) < 4.78 is 0. The number of nitrogens with one attached hydrogen (secondary N) is 1. The molecule has 0 atom stereocenters. The molecule has 0 saturated carbocycles. The van der Waals surface area contributed by atoms with E-state index in [1.54, 1.807) is 6.07 Å². The number of amides is 1. The molecule has 1 aromatic rings. The van der Waals surface area contributed by atoms with Crippen LogP contribution in [0.2, 0.25) is 0 Å². The van der Waals surface area contributed by atoms with Crippen molar-refractivity contribution in [2.45, 2.75) is 13.8 Å². The quantitative estimate of drug-likeness (QED) is 0.305. The van der Waals surface area contributed by atoms with Gasteiger partial charge in [-0.15, -0.1) is 0 Å². The van der Waals surface area contributed by atoms with Gasteiger partial charge in [-0.2, -0.15) is 0 Å². The molecular formula is C11H15N3O2. The third-order valence-corrected chi connectivity index (χ3v) is 2.19. The lowest BCUT2D eigenvalue weighted by molar-refractivity contribution is 0.0958. The Hall–Kier alpha value is -2.04. The van der Waals surface area contributed by atoms with Crippen LogP contribution in [-0.4, -0.2) is 23.5 Å². The van der Waals surface area contributed by atoms with Gasteiger partial charge in [0.05, 0.1) is 6.54 Å². The fourth-order valence-electron chi connectivity index (χ4n) is 1.37. The summed E-state index contributed by atoms with van der Waals surface area (Å²) in [6.45, 7) is 3.86. The van der Waals surface area contributed by atoms with Crippen LogP contribution < -0.4 is 11.1 Å². The molecule has 1 aromatic carbocycles. The van der Waals surface area contributed by atoms with Gasteiger partial charge < -0.3 is 16.3 Å². The van der Waals surface area contributed by atoms with Crippen LogP contribution in [0, 0.1) is 13.8 Å². The first kappa shape index (κ1) is 12.0. The maximum atomic E-state index is 11.7. The maximum Gasteiger partial charge on any atom is 0.251 e. The number of benzene rings is 1. The zero-order chi connectivity index (χ0) is 12.1. The average molecular weight is 221 g/mol. The van der Waals surface area contributed by atoms with Crippen LogP contribution in [0.4, 0.5) is 0 Å². The number of oxime groups is 1. The molecule has 4 N–H and O–H groups in total. The van der Waals surface area contributed by atoms with E-state index < -0.39 is 0 Å². The lowest BCUT2D eigenvalue weighted by Crippen LogP contribution is -2.33. The van der Waals surface area contributed by atoms with Gasteiger partial charge in [0.25, 0.3) is 5.91 Å². The molecule has 0 aliphatic carbocycles. The summed E-state index contributed by atoms with van der Waals surface area (Å²) in [6.07, 6.45) is 0. The minimum absolute atomic E-state index is 0.0295. The third kappa shape index (κ3) is 2.98. The van der Waals surface area contributed by atoms with Gasteiger partial charge in [0.1, 0.15) is 0 Å². The van der Waals surface area contributed by atoms with Crippen LogP contribution in [0.15, 0.2) is 23.4 Å². The Bertz CT molecular complexity index is 427. The molecule has 0 unspecified atom stereocenters. The molecule has 1 rings (SSSR count). The summed E-state index contributed by atoms with van der Waals surface area (Å²) in [7, 11) is 0. The minimum atomic E-state index is -0.232. The Morgan fingerprint density at radius 1 is 1.50 bits per heavy atom. The van der Waals surface area contributed by atoms with E-state index in [1.165, 1.54) is 0 Å². The molecule has 0 fully saturated rings. The molecule has 0 spiro atoms. The molecule has 0 aliphatic rings. The highest BCUT2D eigenvalue weighted by molar-refractivity contribution is 5.98. The van der Waals surface area contributed by atoms with Gasteiger partial charge in [-0.1, -0.05) is 22.9 Å². The first-order valence-electron chi connectivity index (χ1n) is 4.86. The molecule has 0 aliphatic heterocycles. The van der Waals surface area contributed by atoms with E-state index in [0.717, 1.165) is 11.1 Å². The van der Waals surface area contributed by atoms with E-state index in [-0.39, 0.29) is 18.3 Å². The van der Waals surface area contributed by atoms with Crippen molar-refractivity contribution in [2.24, 2.45) is 10.9 Å². The SMILES string of the molecule is Cc1ccc(C(=O)NC/C(N)=N/O)c(C)c1. The zero-order valence-electron chi connectivity index (χ0n) is 9.32. The van der Waals surface area contributed by atoms with Crippen LogP contribution >= 0.6 is 0 Å². The molecule has 0 saturated heterocycles. The highest BCUT2D eigenvalue weighted by Gasteiger charge is 2.08. The number of hydrogen-bond acceptors (Lipinski definition) is 3. The minimum Gasteiger partial charge on any atom is -0.409 e. The fraction of sp³-hybridized carbons (Fsp3) is 0.273. The first-order chi connectivity index (χ1) is 7.54. The van der Waals surface area contributed by atoms with Crippen LogP contribution in [0.1, 0.15) is 21.5 Å².